The van der Waals surface area contributed by atoms with Gasteiger partial charge in [-0.1, -0.05) is 12.7 Å². The molecule has 0 aliphatic carbocycles. The third-order valence-corrected chi connectivity index (χ3v) is 3.80. The molecule has 1 amide bonds. The van der Waals surface area contributed by atoms with Gasteiger partial charge in [-0.3, -0.25) is 9.59 Å². The molecule has 0 radical (unpaired) electrons. The van der Waals surface area contributed by atoms with E-state index in [0.717, 1.165) is 12.8 Å². The molecular formula is C18H23NO4. The predicted octanol–water partition coefficient (Wildman–Crippen LogP) is 2.67. The van der Waals surface area contributed by atoms with Crippen LogP contribution >= 0.6 is 0 Å². The summed E-state index contributed by atoms with van der Waals surface area (Å²) < 4.78 is 10.5. The minimum absolute atomic E-state index is 0.0609. The molecule has 2 rings (SSSR count). The van der Waals surface area contributed by atoms with Crippen molar-refractivity contribution in [2.75, 3.05) is 26.3 Å². The minimum atomic E-state index is -0.220. The fourth-order valence-corrected chi connectivity index (χ4v) is 2.65. The molecular weight excluding hydrogens is 294 g/mol. The van der Waals surface area contributed by atoms with E-state index in [2.05, 4.69) is 6.58 Å². The van der Waals surface area contributed by atoms with Crippen molar-refractivity contribution in [3.8, 4) is 5.75 Å². The summed E-state index contributed by atoms with van der Waals surface area (Å²) in [4.78, 5) is 26.2. The quantitative estimate of drug-likeness (QED) is 0.598. The van der Waals surface area contributed by atoms with Crippen molar-refractivity contribution in [2.24, 2.45) is 5.92 Å². The van der Waals surface area contributed by atoms with Crippen molar-refractivity contribution in [1.29, 1.82) is 0 Å². The Morgan fingerprint density at radius 2 is 2.09 bits per heavy atom. The molecule has 0 saturated carbocycles. The zero-order valence-electron chi connectivity index (χ0n) is 13.5. The lowest BCUT2D eigenvalue weighted by molar-refractivity contribution is -0.149. The van der Waals surface area contributed by atoms with E-state index in [1.807, 2.05) is 0 Å². The first-order chi connectivity index (χ1) is 11.2. The maximum atomic E-state index is 12.6. The van der Waals surface area contributed by atoms with Crippen LogP contribution in [0.1, 0.15) is 30.1 Å². The number of carbonyl (C=O) groups excluding carboxylic acids is 2. The molecule has 1 aliphatic rings. The molecule has 1 heterocycles. The van der Waals surface area contributed by atoms with Gasteiger partial charge in [0.15, 0.2) is 0 Å². The van der Waals surface area contributed by atoms with Crippen molar-refractivity contribution in [3.63, 3.8) is 0 Å². The Labute approximate surface area is 136 Å². The fraction of sp³-hybridized carbons (Fsp3) is 0.444. The highest BCUT2D eigenvalue weighted by Crippen LogP contribution is 2.21. The molecule has 5 nitrogen and oxygen atoms in total. The standard InChI is InChI=1S/C18H23NO4/c1-3-12-23-16-9-7-14(8-10-16)17(20)19-11-5-6-15(13-19)18(21)22-4-2/h3,7-10,15H,1,4-6,11-13H2,2H3. The second kappa shape index (κ2) is 8.36. The molecule has 0 bridgehead atoms. The molecule has 0 spiro atoms. The van der Waals surface area contributed by atoms with Crippen LogP contribution in [0.15, 0.2) is 36.9 Å². The van der Waals surface area contributed by atoms with Crippen LogP contribution in [-0.4, -0.2) is 43.1 Å². The summed E-state index contributed by atoms with van der Waals surface area (Å²) in [5, 5.41) is 0. The summed E-state index contributed by atoms with van der Waals surface area (Å²) >= 11 is 0. The first-order valence-corrected chi connectivity index (χ1v) is 7.95. The van der Waals surface area contributed by atoms with Gasteiger partial charge in [0.25, 0.3) is 5.91 Å². The number of carbonyl (C=O) groups is 2. The van der Waals surface area contributed by atoms with Gasteiger partial charge in [-0.15, -0.1) is 0 Å². The highest BCUT2D eigenvalue weighted by molar-refractivity contribution is 5.94. The van der Waals surface area contributed by atoms with Crippen molar-refractivity contribution in [2.45, 2.75) is 19.8 Å². The molecule has 1 aromatic rings. The zero-order valence-corrected chi connectivity index (χ0v) is 13.5. The predicted molar refractivity (Wildman–Crippen MR) is 87.4 cm³/mol. The molecule has 1 fully saturated rings. The van der Waals surface area contributed by atoms with Gasteiger partial charge < -0.3 is 14.4 Å². The lowest BCUT2D eigenvalue weighted by Gasteiger charge is -2.31. The van der Waals surface area contributed by atoms with Crippen molar-refractivity contribution >= 4 is 11.9 Å². The summed E-state index contributed by atoms with van der Waals surface area (Å²) in [6.07, 6.45) is 3.26. The van der Waals surface area contributed by atoms with Gasteiger partial charge in [-0.25, -0.2) is 0 Å². The number of hydrogen-bond donors (Lipinski definition) is 0. The Balaban J connectivity index is 1.98. The van der Waals surface area contributed by atoms with Gasteiger partial charge in [0.1, 0.15) is 12.4 Å². The molecule has 23 heavy (non-hydrogen) atoms. The van der Waals surface area contributed by atoms with Gasteiger partial charge in [0, 0.05) is 18.7 Å². The van der Waals surface area contributed by atoms with Crippen LogP contribution in [0, 0.1) is 5.92 Å². The number of benzene rings is 1. The molecule has 1 atom stereocenters. The molecule has 1 saturated heterocycles. The van der Waals surface area contributed by atoms with Gasteiger partial charge in [-0.2, -0.15) is 0 Å². The van der Waals surface area contributed by atoms with Gasteiger partial charge >= 0.3 is 5.97 Å². The van der Waals surface area contributed by atoms with E-state index in [1.165, 1.54) is 0 Å². The molecule has 5 heteroatoms. The average molecular weight is 317 g/mol. The number of hydrogen-bond acceptors (Lipinski definition) is 4. The average Bonchev–Trinajstić information content (AvgIpc) is 2.60. The van der Waals surface area contributed by atoms with Gasteiger partial charge in [0.05, 0.1) is 12.5 Å². The SMILES string of the molecule is C=CCOc1ccc(C(=O)N2CCCC(C(=O)OCC)C2)cc1. The Hall–Kier alpha value is -2.30. The number of esters is 1. The number of rotatable bonds is 6. The van der Waals surface area contributed by atoms with E-state index in [-0.39, 0.29) is 17.8 Å². The van der Waals surface area contributed by atoms with E-state index in [1.54, 1.807) is 42.2 Å². The minimum Gasteiger partial charge on any atom is -0.490 e. The largest absolute Gasteiger partial charge is 0.490 e. The highest BCUT2D eigenvalue weighted by Gasteiger charge is 2.29. The summed E-state index contributed by atoms with van der Waals surface area (Å²) in [5.41, 5.74) is 0.598. The van der Waals surface area contributed by atoms with Crippen LogP contribution in [-0.2, 0) is 9.53 Å². The molecule has 0 aromatic heterocycles. The van der Waals surface area contributed by atoms with E-state index in [4.69, 9.17) is 9.47 Å². The van der Waals surface area contributed by atoms with Crippen molar-refractivity contribution in [1.82, 2.24) is 4.90 Å². The number of nitrogens with zero attached hydrogens (tertiary/aromatic N) is 1. The second-order valence-corrected chi connectivity index (χ2v) is 5.47. The maximum absolute atomic E-state index is 12.6. The first-order valence-electron chi connectivity index (χ1n) is 7.95. The smallest absolute Gasteiger partial charge is 0.310 e. The number of amides is 1. The van der Waals surface area contributed by atoms with Gasteiger partial charge in [0.2, 0.25) is 0 Å². The third-order valence-electron chi connectivity index (χ3n) is 3.80. The summed E-state index contributed by atoms with van der Waals surface area (Å²) in [7, 11) is 0. The van der Waals surface area contributed by atoms with Gasteiger partial charge in [-0.05, 0) is 44.0 Å². The molecule has 1 unspecified atom stereocenters. The highest BCUT2D eigenvalue weighted by atomic mass is 16.5. The Morgan fingerprint density at radius 1 is 1.35 bits per heavy atom. The summed E-state index contributed by atoms with van der Waals surface area (Å²) in [6, 6.07) is 7.02. The zero-order chi connectivity index (χ0) is 16.7. The van der Waals surface area contributed by atoms with Crippen molar-refractivity contribution < 1.29 is 19.1 Å². The lowest BCUT2D eigenvalue weighted by atomic mass is 9.97. The summed E-state index contributed by atoms with van der Waals surface area (Å²) in [6.45, 7) is 7.28. The maximum Gasteiger partial charge on any atom is 0.310 e. The summed E-state index contributed by atoms with van der Waals surface area (Å²) in [5.74, 6) is 0.208. The normalized spacial score (nSPS) is 17.4. The first kappa shape index (κ1) is 17.1. The topological polar surface area (TPSA) is 55.8 Å². The molecule has 1 aromatic carbocycles. The Kier molecular flexibility index (Phi) is 6.20. The van der Waals surface area contributed by atoms with E-state index >= 15 is 0 Å². The van der Waals surface area contributed by atoms with Crippen LogP contribution < -0.4 is 4.74 Å². The van der Waals surface area contributed by atoms with E-state index in [0.29, 0.717) is 37.6 Å². The molecule has 0 N–H and O–H groups in total. The third kappa shape index (κ3) is 4.58. The van der Waals surface area contributed by atoms with Crippen LogP contribution in [0.4, 0.5) is 0 Å². The monoisotopic (exact) mass is 317 g/mol. The fourth-order valence-electron chi connectivity index (χ4n) is 2.65. The van der Waals surface area contributed by atoms with E-state index < -0.39 is 0 Å². The van der Waals surface area contributed by atoms with Crippen LogP contribution in [0.2, 0.25) is 0 Å². The number of piperidine rings is 1. The van der Waals surface area contributed by atoms with Crippen LogP contribution in [0.5, 0.6) is 5.75 Å². The number of ether oxygens (including phenoxy) is 2. The lowest BCUT2D eigenvalue weighted by Crippen LogP contribution is -2.42. The van der Waals surface area contributed by atoms with Crippen LogP contribution in [0.3, 0.4) is 0 Å². The van der Waals surface area contributed by atoms with E-state index in [9.17, 15) is 9.59 Å². The van der Waals surface area contributed by atoms with Crippen molar-refractivity contribution in [3.05, 3.63) is 42.5 Å². The second-order valence-electron chi connectivity index (χ2n) is 5.47. The van der Waals surface area contributed by atoms with Crippen LogP contribution in [0.25, 0.3) is 0 Å². The molecule has 1 aliphatic heterocycles. The Bertz CT molecular complexity index is 553. The molecule has 124 valence electrons. The number of likely N-dealkylation sites (tertiary alicyclic amines) is 1. The Morgan fingerprint density at radius 3 is 2.74 bits per heavy atom.